The maximum absolute atomic E-state index is 3.59. The van der Waals surface area contributed by atoms with E-state index in [2.05, 4.69) is 69.7 Å². The summed E-state index contributed by atoms with van der Waals surface area (Å²) >= 11 is 7.18. The second-order valence-electron chi connectivity index (χ2n) is 3.85. The number of halogens is 2. The molecule has 0 bridgehead atoms. The van der Waals surface area contributed by atoms with Crippen LogP contribution in [0.4, 0.5) is 0 Å². The Bertz CT molecular complexity index is 269. The van der Waals surface area contributed by atoms with Crippen molar-refractivity contribution in [2.24, 2.45) is 0 Å². The van der Waals surface area contributed by atoms with Gasteiger partial charge in [0.2, 0.25) is 0 Å². The van der Waals surface area contributed by atoms with Crippen molar-refractivity contribution in [3.63, 3.8) is 0 Å². The van der Waals surface area contributed by atoms with Crippen LogP contribution in [-0.4, -0.2) is 8.07 Å². The topological polar surface area (TPSA) is 0 Å². The van der Waals surface area contributed by atoms with E-state index in [9.17, 15) is 0 Å². The van der Waals surface area contributed by atoms with E-state index in [-0.39, 0.29) is 0 Å². The van der Waals surface area contributed by atoms with Gasteiger partial charge in [-0.15, -0.1) is 0 Å². The molecule has 0 nitrogen and oxygen atoms in total. The zero-order chi connectivity index (χ0) is 9.35. The SMILES string of the molecule is C[Si](C)(C)c1c(Br)cccc1Br. The summed E-state index contributed by atoms with van der Waals surface area (Å²) in [6.07, 6.45) is 0. The van der Waals surface area contributed by atoms with E-state index in [0.717, 1.165) is 0 Å². The maximum Gasteiger partial charge on any atom is 0.0805 e. The molecule has 0 amide bonds. The van der Waals surface area contributed by atoms with Gasteiger partial charge in [0, 0.05) is 8.95 Å². The van der Waals surface area contributed by atoms with Gasteiger partial charge >= 0.3 is 0 Å². The third kappa shape index (κ3) is 2.21. The van der Waals surface area contributed by atoms with Crippen LogP contribution in [0.3, 0.4) is 0 Å². The Hall–Kier alpha value is 0.397. The van der Waals surface area contributed by atoms with Crippen LogP contribution in [0.2, 0.25) is 19.6 Å². The van der Waals surface area contributed by atoms with Gasteiger partial charge in [0.15, 0.2) is 0 Å². The minimum Gasteiger partial charge on any atom is -0.0656 e. The summed E-state index contributed by atoms with van der Waals surface area (Å²) in [4.78, 5) is 0. The molecule has 0 aliphatic heterocycles. The molecule has 66 valence electrons. The van der Waals surface area contributed by atoms with Crippen LogP contribution in [0, 0.1) is 0 Å². The molecular formula is C9H12Br2Si. The highest BCUT2D eigenvalue weighted by Gasteiger charge is 2.21. The van der Waals surface area contributed by atoms with Crippen LogP contribution < -0.4 is 5.19 Å². The molecule has 0 saturated heterocycles. The summed E-state index contributed by atoms with van der Waals surface area (Å²) in [5.41, 5.74) is 0. The summed E-state index contributed by atoms with van der Waals surface area (Å²) in [5, 5.41) is 1.46. The van der Waals surface area contributed by atoms with Crippen molar-refractivity contribution in [3.05, 3.63) is 27.1 Å². The fourth-order valence-corrected chi connectivity index (χ4v) is 7.38. The minimum absolute atomic E-state index is 1.22. The van der Waals surface area contributed by atoms with Crippen LogP contribution in [0.5, 0.6) is 0 Å². The third-order valence-electron chi connectivity index (χ3n) is 1.71. The minimum atomic E-state index is -1.22. The molecule has 0 fully saturated rings. The molecule has 0 aliphatic rings. The molecule has 3 heteroatoms. The lowest BCUT2D eigenvalue weighted by Crippen LogP contribution is -2.39. The first-order chi connectivity index (χ1) is 5.43. The van der Waals surface area contributed by atoms with Gasteiger partial charge in [-0.3, -0.25) is 0 Å². The molecular weight excluding hydrogens is 296 g/mol. The van der Waals surface area contributed by atoms with E-state index in [1.807, 2.05) is 0 Å². The van der Waals surface area contributed by atoms with Crippen LogP contribution in [-0.2, 0) is 0 Å². The van der Waals surface area contributed by atoms with Crippen LogP contribution in [0.1, 0.15) is 0 Å². The summed E-state index contributed by atoms with van der Waals surface area (Å²) < 4.78 is 2.46. The molecule has 0 heterocycles. The molecule has 1 aromatic rings. The van der Waals surface area contributed by atoms with E-state index in [1.165, 1.54) is 14.1 Å². The second-order valence-corrected chi connectivity index (χ2v) is 10.6. The smallest absolute Gasteiger partial charge is 0.0656 e. The van der Waals surface area contributed by atoms with Gasteiger partial charge in [0.25, 0.3) is 0 Å². The van der Waals surface area contributed by atoms with Crippen molar-refractivity contribution < 1.29 is 0 Å². The number of rotatable bonds is 1. The summed E-state index contributed by atoms with van der Waals surface area (Å²) in [6, 6.07) is 6.27. The van der Waals surface area contributed by atoms with E-state index in [4.69, 9.17) is 0 Å². The van der Waals surface area contributed by atoms with E-state index >= 15 is 0 Å². The molecule has 0 atom stereocenters. The first kappa shape index (κ1) is 10.5. The first-order valence-electron chi connectivity index (χ1n) is 3.87. The van der Waals surface area contributed by atoms with Crippen LogP contribution >= 0.6 is 31.9 Å². The van der Waals surface area contributed by atoms with Crippen LogP contribution in [0.25, 0.3) is 0 Å². The van der Waals surface area contributed by atoms with Gasteiger partial charge in [-0.2, -0.15) is 0 Å². The maximum atomic E-state index is 3.59. The van der Waals surface area contributed by atoms with E-state index in [1.54, 1.807) is 0 Å². The average molecular weight is 308 g/mol. The summed E-state index contributed by atoms with van der Waals surface area (Å²) in [5.74, 6) is 0. The number of hydrogen-bond acceptors (Lipinski definition) is 0. The van der Waals surface area contributed by atoms with Gasteiger partial charge in [0.05, 0.1) is 8.07 Å². The van der Waals surface area contributed by atoms with Crippen molar-refractivity contribution in [2.45, 2.75) is 19.6 Å². The summed E-state index contributed by atoms with van der Waals surface area (Å²) in [6.45, 7) is 7.04. The first-order valence-corrected chi connectivity index (χ1v) is 8.96. The Balaban J connectivity index is 3.31. The third-order valence-corrected chi connectivity index (χ3v) is 5.81. The lowest BCUT2D eigenvalue weighted by Gasteiger charge is -2.20. The standard InChI is InChI=1S/C9H12Br2Si/c1-12(2,3)9-7(10)5-4-6-8(9)11/h4-6H,1-3H3. The number of benzene rings is 1. The van der Waals surface area contributed by atoms with Crippen molar-refractivity contribution in [2.75, 3.05) is 0 Å². The van der Waals surface area contributed by atoms with E-state index in [0.29, 0.717) is 0 Å². The van der Waals surface area contributed by atoms with Gasteiger partial charge in [-0.1, -0.05) is 57.6 Å². The van der Waals surface area contributed by atoms with Gasteiger partial charge in [-0.05, 0) is 17.3 Å². The highest BCUT2D eigenvalue weighted by molar-refractivity contribution is 9.11. The molecule has 0 aromatic heterocycles. The van der Waals surface area contributed by atoms with Crippen molar-refractivity contribution in [1.82, 2.24) is 0 Å². The highest BCUT2D eigenvalue weighted by Crippen LogP contribution is 2.19. The highest BCUT2D eigenvalue weighted by atomic mass is 79.9. The van der Waals surface area contributed by atoms with E-state index < -0.39 is 8.07 Å². The lowest BCUT2D eigenvalue weighted by atomic mass is 10.4. The molecule has 1 aromatic carbocycles. The molecule has 0 spiro atoms. The van der Waals surface area contributed by atoms with Crippen molar-refractivity contribution in [1.29, 1.82) is 0 Å². The molecule has 12 heavy (non-hydrogen) atoms. The van der Waals surface area contributed by atoms with Gasteiger partial charge in [0.1, 0.15) is 0 Å². The molecule has 0 N–H and O–H groups in total. The zero-order valence-electron chi connectivity index (χ0n) is 7.49. The quantitative estimate of drug-likeness (QED) is 0.693. The van der Waals surface area contributed by atoms with Gasteiger partial charge < -0.3 is 0 Å². The Morgan fingerprint density at radius 2 is 1.42 bits per heavy atom. The zero-order valence-corrected chi connectivity index (χ0v) is 11.7. The molecule has 1 rings (SSSR count). The second kappa shape index (κ2) is 3.64. The average Bonchev–Trinajstić information content (AvgIpc) is 1.82. The van der Waals surface area contributed by atoms with Crippen LogP contribution in [0.15, 0.2) is 27.1 Å². The molecule has 0 unspecified atom stereocenters. The fraction of sp³-hybridized carbons (Fsp3) is 0.333. The largest absolute Gasteiger partial charge is 0.0805 e. The predicted octanol–water partition coefficient (Wildman–Crippen LogP) is 3.76. The number of hydrogen-bond donors (Lipinski definition) is 0. The van der Waals surface area contributed by atoms with Crippen molar-refractivity contribution in [3.8, 4) is 0 Å². The Labute approximate surface area is 91.6 Å². The molecule has 0 saturated carbocycles. The molecule has 0 aliphatic carbocycles. The Kier molecular flexibility index (Phi) is 3.18. The normalized spacial score (nSPS) is 11.8. The fourth-order valence-electron chi connectivity index (χ4n) is 1.21. The lowest BCUT2D eigenvalue weighted by molar-refractivity contribution is 1.60. The predicted molar refractivity (Wildman–Crippen MR) is 64.8 cm³/mol. The van der Waals surface area contributed by atoms with Crippen molar-refractivity contribution >= 4 is 45.1 Å². The van der Waals surface area contributed by atoms with Gasteiger partial charge in [-0.25, -0.2) is 0 Å². The monoisotopic (exact) mass is 306 g/mol. The Morgan fingerprint density at radius 3 is 1.67 bits per heavy atom. The molecule has 0 radical (unpaired) electrons. The summed E-state index contributed by atoms with van der Waals surface area (Å²) in [7, 11) is -1.22. The Morgan fingerprint density at radius 1 is 1.00 bits per heavy atom.